The van der Waals surface area contributed by atoms with E-state index in [2.05, 4.69) is 4.99 Å². The van der Waals surface area contributed by atoms with E-state index in [-0.39, 0.29) is 17.2 Å². The lowest BCUT2D eigenvalue weighted by atomic mass is 10.1. The van der Waals surface area contributed by atoms with E-state index in [1.54, 1.807) is 30.3 Å². The second kappa shape index (κ2) is 9.13. The Bertz CT molecular complexity index is 1150. The monoisotopic (exact) mass is 417 g/mol. The van der Waals surface area contributed by atoms with Gasteiger partial charge in [-0.1, -0.05) is 36.4 Å². The highest BCUT2D eigenvalue weighted by atomic mass is 16.6. The first kappa shape index (κ1) is 20.2. The summed E-state index contributed by atoms with van der Waals surface area (Å²) >= 11 is 0. The molecule has 0 spiro atoms. The number of esters is 2. The third-order valence-electron chi connectivity index (χ3n) is 4.36. The number of carbonyl (C=O) groups excluding carboxylic acids is 2. The van der Waals surface area contributed by atoms with Crippen LogP contribution in [0.25, 0.3) is 6.08 Å². The van der Waals surface area contributed by atoms with Gasteiger partial charge in [0.25, 0.3) is 0 Å². The standard InChI is InChI=1S/C24H19NO6/c1-2-28-21-14-17(10-11-19(21)30-24(27)20-9-6-12-29-20)13-18-23(26)31-22(25-18)15-16-7-4-3-5-8-16/h3-14H,2,15H2,1H3/b18-13+. The molecule has 0 unspecified atom stereocenters. The molecule has 0 aliphatic carbocycles. The number of nitrogens with zero attached hydrogens (tertiary/aromatic N) is 1. The summed E-state index contributed by atoms with van der Waals surface area (Å²) in [5.74, 6) is -0.118. The first-order valence-electron chi connectivity index (χ1n) is 9.70. The van der Waals surface area contributed by atoms with Crippen molar-refractivity contribution in [2.45, 2.75) is 13.3 Å². The van der Waals surface area contributed by atoms with Gasteiger partial charge in [0.05, 0.1) is 12.9 Å². The van der Waals surface area contributed by atoms with Gasteiger partial charge < -0.3 is 18.6 Å². The molecule has 0 amide bonds. The zero-order valence-electron chi connectivity index (χ0n) is 16.7. The van der Waals surface area contributed by atoms with Crippen LogP contribution in [0.1, 0.15) is 28.6 Å². The van der Waals surface area contributed by atoms with Crippen molar-refractivity contribution in [3.05, 3.63) is 89.5 Å². The van der Waals surface area contributed by atoms with Crippen molar-refractivity contribution in [2.24, 2.45) is 4.99 Å². The van der Waals surface area contributed by atoms with E-state index < -0.39 is 11.9 Å². The van der Waals surface area contributed by atoms with Crippen LogP contribution in [0.2, 0.25) is 0 Å². The summed E-state index contributed by atoms with van der Waals surface area (Å²) in [7, 11) is 0. The molecule has 0 atom stereocenters. The summed E-state index contributed by atoms with van der Waals surface area (Å²) in [5.41, 5.74) is 1.84. The Kier molecular flexibility index (Phi) is 5.93. The van der Waals surface area contributed by atoms with E-state index in [9.17, 15) is 9.59 Å². The highest BCUT2D eigenvalue weighted by molar-refractivity contribution is 6.07. The van der Waals surface area contributed by atoms with Gasteiger partial charge in [-0.15, -0.1) is 0 Å². The maximum absolute atomic E-state index is 12.2. The van der Waals surface area contributed by atoms with Crippen LogP contribution in [0.5, 0.6) is 11.5 Å². The second-order valence-corrected chi connectivity index (χ2v) is 6.59. The van der Waals surface area contributed by atoms with Gasteiger partial charge >= 0.3 is 11.9 Å². The lowest BCUT2D eigenvalue weighted by Gasteiger charge is -2.10. The van der Waals surface area contributed by atoms with Gasteiger partial charge in [-0.3, -0.25) is 0 Å². The van der Waals surface area contributed by atoms with Crippen LogP contribution in [0.4, 0.5) is 0 Å². The van der Waals surface area contributed by atoms with E-state index >= 15 is 0 Å². The molecule has 1 aliphatic heterocycles. The van der Waals surface area contributed by atoms with E-state index in [0.717, 1.165) is 5.56 Å². The molecule has 2 heterocycles. The first-order chi connectivity index (χ1) is 15.1. The third kappa shape index (κ3) is 4.90. The quantitative estimate of drug-likeness (QED) is 0.321. The molecule has 0 saturated carbocycles. The number of rotatable bonds is 7. The van der Waals surface area contributed by atoms with E-state index in [1.807, 2.05) is 37.3 Å². The third-order valence-corrected chi connectivity index (χ3v) is 4.36. The molecule has 0 fully saturated rings. The average Bonchev–Trinajstić information content (AvgIpc) is 3.41. The topological polar surface area (TPSA) is 87.3 Å². The number of carbonyl (C=O) groups is 2. The molecule has 3 aromatic rings. The summed E-state index contributed by atoms with van der Waals surface area (Å²) in [6.07, 6.45) is 3.42. The van der Waals surface area contributed by atoms with Gasteiger partial charge in [0.2, 0.25) is 11.7 Å². The summed E-state index contributed by atoms with van der Waals surface area (Å²) in [6.45, 7) is 2.19. The number of benzene rings is 2. The minimum atomic E-state index is -0.633. The van der Waals surface area contributed by atoms with Gasteiger partial charge in [0, 0.05) is 6.42 Å². The molecule has 0 bridgehead atoms. The summed E-state index contributed by atoms with van der Waals surface area (Å²) < 4.78 is 21.3. The zero-order valence-corrected chi connectivity index (χ0v) is 16.7. The van der Waals surface area contributed by atoms with Crippen molar-refractivity contribution >= 4 is 23.9 Å². The fourth-order valence-corrected chi connectivity index (χ4v) is 2.97. The van der Waals surface area contributed by atoms with Crippen molar-refractivity contribution in [3.63, 3.8) is 0 Å². The second-order valence-electron chi connectivity index (χ2n) is 6.59. The predicted octanol–water partition coefficient (Wildman–Crippen LogP) is 4.44. The van der Waals surface area contributed by atoms with Gasteiger partial charge in [0.1, 0.15) is 0 Å². The van der Waals surface area contributed by atoms with Crippen molar-refractivity contribution in [1.29, 1.82) is 0 Å². The molecule has 0 saturated heterocycles. The SMILES string of the molecule is CCOc1cc(/C=C2/N=C(Cc3ccccc3)OC2=O)ccc1OC(=O)c1ccco1. The van der Waals surface area contributed by atoms with Crippen LogP contribution in [0.3, 0.4) is 0 Å². The Morgan fingerprint density at radius 1 is 1.06 bits per heavy atom. The van der Waals surface area contributed by atoms with Gasteiger partial charge in [-0.2, -0.15) is 0 Å². The van der Waals surface area contributed by atoms with Crippen LogP contribution >= 0.6 is 0 Å². The minimum Gasteiger partial charge on any atom is -0.490 e. The zero-order chi connectivity index (χ0) is 21.6. The highest BCUT2D eigenvalue weighted by Crippen LogP contribution is 2.31. The molecular formula is C24H19NO6. The Balaban J connectivity index is 1.54. The minimum absolute atomic E-state index is 0.0858. The number of hydrogen-bond donors (Lipinski definition) is 0. The fraction of sp³-hybridized carbons (Fsp3) is 0.125. The van der Waals surface area contributed by atoms with E-state index in [4.69, 9.17) is 18.6 Å². The number of aliphatic imine (C=N–C) groups is 1. The highest BCUT2D eigenvalue weighted by Gasteiger charge is 2.23. The lowest BCUT2D eigenvalue weighted by molar-refractivity contribution is -0.130. The number of cyclic esters (lactones) is 1. The fourth-order valence-electron chi connectivity index (χ4n) is 2.97. The first-order valence-corrected chi connectivity index (χ1v) is 9.70. The summed E-state index contributed by atoms with van der Waals surface area (Å²) in [4.78, 5) is 28.7. The van der Waals surface area contributed by atoms with Crippen LogP contribution in [0, 0.1) is 0 Å². The number of hydrogen-bond acceptors (Lipinski definition) is 7. The van der Waals surface area contributed by atoms with Gasteiger partial charge in [-0.05, 0) is 48.4 Å². The molecule has 2 aromatic carbocycles. The van der Waals surface area contributed by atoms with Crippen molar-refractivity contribution in [2.75, 3.05) is 6.61 Å². The normalized spacial score (nSPS) is 14.3. The lowest BCUT2D eigenvalue weighted by Crippen LogP contribution is -2.08. The Morgan fingerprint density at radius 3 is 2.65 bits per heavy atom. The van der Waals surface area contributed by atoms with E-state index in [1.165, 1.54) is 12.3 Å². The summed E-state index contributed by atoms with van der Waals surface area (Å²) in [6, 6.07) is 17.7. The van der Waals surface area contributed by atoms with Crippen LogP contribution < -0.4 is 9.47 Å². The summed E-state index contributed by atoms with van der Waals surface area (Å²) in [5, 5.41) is 0. The molecule has 31 heavy (non-hydrogen) atoms. The predicted molar refractivity (Wildman–Crippen MR) is 113 cm³/mol. The van der Waals surface area contributed by atoms with Gasteiger partial charge in [0.15, 0.2) is 17.2 Å². The molecule has 1 aliphatic rings. The molecule has 0 N–H and O–H groups in total. The number of furan rings is 1. The number of ether oxygens (including phenoxy) is 3. The van der Waals surface area contributed by atoms with Crippen LogP contribution in [0.15, 0.2) is 82.0 Å². The maximum Gasteiger partial charge on any atom is 0.379 e. The Morgan fingerprint density at radius 2 is 1.90 bits per heavy atom. The molecule has 7 heteroatoms. The van der Waals surface area contributed by atoms with Crippen molar-refractivity contribution < 1.29 is 28.2 Å². The molecule has 4 rings (SSSR count). The maximum atomic E-state index is 12.2. The molecule has 1 aromatic heterocycles. The Hall–Kier alpha value is -4.13. The Labute approximate surface area is 178 Å². The van der Waals surface area contributed by atoms with Crippen LogP contribution in [-0.2, 0) is 16.0 Å². The van der Waals surface area contributed by atoms with Gasteiger partial charge in [-0.25, -0.2) is 14.6 Å². The molecule has 156 valence electrons. The van der Waals surface area contributed by atoms with Crippen molar-refractivity contribution in [3.8, 4) is 11.5 Å². The molecular weight excluding hydrogens is 398 g/mol. The molecule has 0 radical (unpaired) electrons. The van der Waals surface area contributed by atoms with E-state index in [0.29, 0.717) is 30.2 Å². The van der Waals surface area contributed by atoms with Crippen LogP contribution in [-0.4, -0.2) is 24.4 Å². The van der Waals surface area contributed by atoms with Crippen molar-refractivity contribution in [1.82, 2.24) is 0 Å². The largest absolute Gasteiger partial charge is 0.490 e. The smallest absolute Gasteiger partial charge is 0.379 e. The average molecular weight is 417 g/mol. The molecule has 7 nitrogen and oxygen atoms in total.